The van der Waals surface area contributed by atoms with E-state index in [9.17, 15) is 8.78 Å². The molecule has 0 unspecified atom stereocenters. The fourth-order valence-electron chi connectivity index (χ4n) is 2.54. The minimum absolute atomic E-state index is 0.291. The molecule has 2 nitrogen and oxygen atoms in total. The number of hydrogen-bond donors (Lipinski definition) is 1. The van der Waals surface area contributed by atoms with Crippen LogP contribution in [0.2, 0.25) is 0 Å². The van der Waals surface area contributed by atoms with Crippen molar-refractivity contribution in [3.8, 4) is 11.3 Å². The summed E-state index contributed by atoms with van der Waals surface area (Å²) < 4.78 is 26.9. The zero-order valence-corrected chi connectivity index (χ0v) is 13.3. The van der Waals surface area contributed by atoms with Gasteiger partial charge >= 0.3 is 0 Å². The van der Waals surface area contributed by atoms with E-state index in [1.807, 2.05) is 36.4 Å². The maximum absolute atomic E-state index is 13.9. The number of anilines is 2. The SMILES string of the molecule is Fc1ccc(-c2csc(Nc3ccc4ccccc4c3)n2)c(F)c1. The van der Waals surface area contributed by atoms with Crippen LogP contribution in [-0.4, -0.2) is 4.98 Å². The molecule has 0 aliphatic heterocycles. The third-order valence-corrected chi connectivity index (χ3v) is 4.47. The van der Waals surface area contributed by atoms with E-state index >= 15 is 0 Å². The summed E-state index contributed by atoms with van der Waals surface area (Å²) in [4.78, 5) is 4.39. The van der Waals surface area contributed by atoms with Crippen LogP contribution in [0.5, 0.6) is 0 Å². The van der Waals surface area contributed by atoms with E-state index in [4.69, 9.17) is 0 Å². The Labute approximate surface area is 141 Å². The Bertz CT molecular complexity index is 1030. The molecule has 0 bridgehead atoms. The lowest BCUT2D eigenvalue weighted by atomic mass is 10.1. The molecule has 0 fully saturated rings. The number of nitrogens with zero attached hydrogens (tertiary/aromatic N) is 1. The predicted octanol–water partition coefficient (Wildman–Crippen LogP) is 5.99. The molecule has 0 spiro atoms. The van der Waals surface area contributed by atoms with E-state index in [0.29, 0.717) is 16.4 Å². The number of aromatic nitrogens is 1. The Morgan fingerprint density at radius 2 is 1.71 bits per heavy atom. The molecule has 24 heavy (non-hydrogen) atoms. The Morgan fingerprint density at radius 1 is 0.875 bits per heavy atom. The highest BCUT2D eigenvalue weighted by molar-refractivity contribution is 7.14. The number of rotatable bonds is 3. The van der Waals surface area contributed by atoms with Crippen LogP contribution in [-0.2, 0) is 0 Å². The normalized spacial score (nSPS) is 10.9. The number of thiazole rings is 1. The van der Waals surface area contributed by atoms with Crippen LogP contribution in [0.25, 0.3) is 22.0 Å². The van der Waals surface area contributed by atoms with Crippen molar-refractivity contribution in [3.05, 3.63) is 77.7 Å². The van der Waals surface area contributed by atoms with Crippen LogP contribution in [0.4, 0.5) is 19.6 Å². The van der Waals surface area contributed by atoms with Gasteiger partial charge in [-0.2, -0.15) is 0 Å². The Hall–Kier alpha value is -2.79. The summed E-state index contributed by atoms with van der Waals surface area (Å²) in [5, 5.41) is 7.93. The molecule has 4 aromatic rings. The summed E-state index contributed by atoms with van der Waals surface area (Å²) in [6.45, 7) is 0. The lowest BCUT2D eigenvalue weighted by Crippen LogP contribution is -1.91. The van der Waals surface area contributed by atoms with Crippen molar-refractivity contribution in [1.82, 2.24) is 4.98 Å². The molecule has 1 N–H and O–H groups in total. The molecule has 4 rings (SSSR count). The molecule has 5 heteroatoms. The van der Waals surface area contributed by atoms with Crippen molar-refractivity contribution in [2.45, 2.75) is 0 Å². The molecule has 0 amide bonds. The third-order valence-electron chi connectivity index (χ3n) is 3.71. The minimum Gasteiger partial charge on any atom is -0.332 e. The largest absolute Gasteiger partial charge is 0.332 e. The molecule has 1 heterocycles. The maximum Gasteiger partial charge on any atom is 0.187 e. The Morgan fingerprint density at radius 3 is 2.54 bits per heavy atom. The summed E-state index contributed by atoms with van der Waals surface area (Å²) in [5.41, 5.74) is 1.69. The van der Waals surface area contributed by atoms with Gasteiger partial charge in [0.25, 0.3) is 0 Å². The first-order valence-corrected chi connectivity index (χ1v) is 8.24. The van der Waals surface area contributed by atoms with Crippen LogP contribution in [0.3, 0.4) is 0 Å². The summed E-state index contributed by atoms with van der Waals surface area (Å²) >= 11 is 1.37. The van der Waals surface area contributed by atoms with E-state index in [-0.39, 0.29) is 0 Å². The number of nitrogens with one attached hydrogen (secondary N) is 1. The quantitative estimate of drug-likeness (QED) is 0.497. The first-order chi connectivity index (χ1) is 11.7. The standard InChI is InChI=1S/C19H12F2N2S/c20-14-6-8-16(17(21)10-14)18-11-24-19(23-18)22-15-7-5-12-3-1-2-4-13(12)9-15/h1-11H,(H,22,23). The summed E-state index contributed by atoms with van der Waals surface area (Å²) in [7, 11) is 0. The zero-order valence-electron chi connectivity index (χ0n) is 12.5. The van der Waals surface area contributed by atoms with Crippen molar-refractivity contribution in [2.75, 3.05) is 5.32 Å². The minimum atomic E-state index is -0.613. The lowest BCUT2D eigenvalue weighted by Gasteiger charge is -2.04. The predicted molar refractivity (Wildman–Crippen MR) is 94.7 cm³/mol. The van der Waals surface area contributed by atoms with Crippen molar-refractivity contribution < 1.29 is 8.78 Å². The van der Waals surface area contributed by atoms with Crippen LogP contribution in [0.1, 0.15) is 0 Å². The second-order valence-electron chi connectivity index (χ2n) is 5.35. The molecule has 0 aliphatic carbocycles. The van der Waals surface area contributed by atoms with Gasteiger partial charge in [-0.3, -0.25) is 0 Å². The van der Waals surface area contributed by atoms with Crippen molar-refractivity contribution >= 4 is 32.9 Å². The number of benzene rings is 3. The van der Waals surface area contributed by atoms with Gasteiger partial charge in [-0.1, -0.05) is 30.3 Å². The lowest BCUT2D eigenvalue weighted by molar-refractivity contribution is 0.585. The second kappa shape index (κ2) is 6.02. The number of hydrogen-bond acceptors (Lipinski definition) is 3. The second-order valence-corrected chi connectivity index (χ2v) is 6.21. The fraction of sp³-hybridized carbons (Fsp3) is 0. The summed E-state index contributed by atoms with van der Waals surface area (Å²) in [6.07, 6.45) is 0. The molecule has 118 valence electrons. The van der Waals surface area contributed by atoms with Gasteiger partial charge in [-0.25, -0.2) is 13.8 Å². The number of halogens is 2. The average molecular weight is 338 g/mol. The van der Waals surface area contributed by atoms with Gasteiger partial charge in [0.1, 0.15) is 11.6 Å². The van der Waals surface area contributed by atoms with Gasteiger partial charge < -0.3 is 5.32 Å². The summed E-state index contributed by atoms with van der Waals surface area (Å²) in [6, 6.07) is 17.6. The van der Waals surface area contributed by atoms with E-state index in [1.54, 1.807) is 5.38 Å². The van der Waals surface area contributed by atoms with Gasteiger partial charge in [0.05, 0.1) is 5.69 Å². The van der Waals surface area contributed by atoms with Crippen LogP contribution >= 0.6 is 11.3 Å². The average Bonchev–Trinajstić information content (AvgIpc) is 3.03. The third kappa shape index (κ3) is 2.86. The molecule has 0 aliphatic rings. The van der Waals surface area contributed by atoms with E-state index in [2.05, 4.69) is 16.4 Å². The maximum atomic E-state index is 13.9. The molecule has 1 aromatic heterocycles. The molecular weight excluding hydrogens is 326 g/mol. The van der Waals surface area contributed by atoms with E-state index < -0.39 is 11.6 Å². The highest BCUT2D eigenvalue weighted by Gasteiger charge is 2.10. The molecular formula is C19H12F2N2S. The van der Waals surface area contributed by atoms with Crippen LogP contribution in [0.15, 0.2) is 66.0 Å². The summed E-state index contributed by atoms with van der Waals surface area (Å²) in [5.74, 6) is -1.21. The molecule has 0 radical (unpaired) electrons. The Balaban J connectivity index is 1.62. The molecule has 0 saturated carbocycles. The van der Waals surface area contributed by atoms with E-state index in [0.717, 1.165) is 22.5 Å². The van der Waals surface area contributed by atoms with Crippen molar-refractivity contribution in [1.29, 1.82) is 0 Å². The molecule has 0 atom stereocenters. The zero-order chi connectivity index (χ0) is 16.5. The Kier molecular flexibility index (Phi) is 3.70. The first-order valence-electron chi connectivity index (χ1n) is 7.36. The van der Waals surface area contributed by atoms with Gasteiger partial charge in [-0.05, 0) is 35.0 Å². The monoisotopic (exact) mass is 338 g/mol. The van der Waals surface area contributed by atoms with E-state index in [1.165, 1.54) is 23.5 Å². The highest BCUT2D eigenvalue weighted by atomic mass is 32.1. The highest BCUT2D eigenvalue weighted by Crippen LogP contribution is 2.30. The van der Waals surface area contributed by atoms with Gasteiger partial charge in [0, 0.05) is 22.7 Å². The number of fused-ring (bicyclic) bond motifs is 1. The van der Waals surface area contributed by atoms with Crippen molar-refractivity contribution in [3.63, 3.8) is 0 Å². The smallest absolute Gasteiger partial charge is 0.187 e. The van der Waals surface area contributed by atoms with Gasteiger partial charge in [0.15, 0.2) is 5.13 Å². The topological polar surface area (TPSA) is 24.9 Å². The molecule has 0 saturated heterocycles. The first kappa shape index (κ1) is 14.8. The fourth-order valence-corrected chi connectivity index (χ4v) is 3.27. The van der Waals surface area contributed by atoms with Crippen LogP contribution < -0.4 is 5.32 Å². The van der Waals surface area contributed by atoms with Gasteiger partial charge in [0.2, 0.25) is 0 Å². The molecule has 3 aromatic carbocycles. The van der Waals surface area contributed by atoms with Crippen molar-refractivity contribution in [2.24, 2.45) is 0 Å². The van der Waals surface area contributed by atoms with Gasteiger partial charge in [-0.15, -0.1) is 11.3 Å². The van der Waals surface area contributed by atoms with Crippen LogP contribution in [0, 0.1) is 11.6 Å².